The number of benzene rings is 1. The van der Waals surface area contributed by atoms with E-state index >= 15 is 0 Å². The standard InChI is InChI=1S/C11H12O2/c1-7-6-13-10-5-3-4-9(8(2)12)11(7)10/h3-5,7H,6H2,1-2H3/t7-/m1/s1. The van der Waals surface area contributed by atoms with Crippen LogP contribution in [0.2, 0.25) is 0 Å². The SMILES string of the molecule is CC(=O)c1cccc2c1[C@H](C)CO2. The zero-order valence-corrected chi connectivity index (χ0v) is 7.83. The summed E-state index contributed by atoms with van der Waals surface area (Å²) in [7, 11) is 0. The molecule has 1 aromatic rings. The molecule has 2 heteroatoms. The first-order valence-corrected chi connectivity index (χ1v) is 4.47. The first-order chi connectivity index (χ1) is 6.20. The zero-order chi connectivity index (χ0) is 9.42. The van der Waals surface area contributed by atoms with E-state index in [0.717, 1.165) is 16.9 Å². The lowest BCUT2D eigenvalue weighted by molar-refractivity contribution is 0.101. The highest BCUT2D eigenvalue weighted by atomic mass is 16.5. The van der Waals surface area contributed by atoms with E-state index in [-0.39, 0.29) is 5.78 Å². The number of carbonyl (C=O) groups is 1. The van der Waals surface area contributed by atoms with Gasteiger partial charge in [0.05, 0.1) is 6.61 Å². The summed E-state index contributed by atoms with van der Waals surface area (Å²) in [5.74, 6) is 1.34. The van der Waals surface area contributed by atoms with Crippen molar-refractivity contribution in [1.29, 1.82) is 0 Å². The van der Waals surface area contributed by atoms with Crippen LogP contribution in [0.5, 0.6) is 5.75 Å². The van der Waals surface area contributed by atoms with Gasteiger partial charge in [-0.15, -0.1) is 0 Å². The number of hydrogen-bond donors (Lipinski definition) is 0. The highest BCUT2D eigenvalue weighted by Crippen LogP contribution is 2.36. The Hall–Kier alpha value is -1.31. The Morgan fingerprint density at radius 1 is 1.54 bits per heavy atom. The van der Waals surface area contributed by atoms with Crippen molar-refractivity contribution in [2.45, 2.75) is 19.8 Å². The summed E-state index contributed by atoms with van der Waals surface area (Å²) in [5, 5.41) is 0. The third-order valence-electron chi connectivity index (χ3n) is 2.43. The molecule has 0 saturated carbocycles. The molecule has 0 aliphatic carbocycles. The summed E-state index contributed by atoms with van der Waals surface area (Å²) < 4.78 is 5.45. The van der Waals surface area contributed by atoms with Gasteiger partial charge < -0.3 is 4.74 Å². The summed E-state index contributed by atoms with van der Waals surface area (Å²) in [4.78, 5) is 11.3. The van der Waals surface area contributed by atoms with E-state index in [0.29, 0.717) is 12.5 Å². The largest absolute Gasteiger partial charge is 0.493 e. The Morgan fingerprint density at radius 3 is 3.00 bits per heavy atom. The van der Waals surface area contributed by atoms with Crippen LogP contribution in [0.4, 0.5) is 0 Å². The van der Waals surface area contributed by atoms with Crippen molar-refractivity contribution in [3.63, 3.8) is 0 Å². The molecule has 1 aliphatic rings. The average molecular weight is 176 g/mol. The molecule has 2 nitrogen and oxygen atoms in total. The number of ketones is 1. The first kappa shape index (κ1) is 8.30. The fourth-order valence-electron chi connectivity index (χ4n) is 1.78. The van der Waals surface area contributed by atoms with Crippen LogP contribution in [0.1, 0.15) is 35.7 Å². The van der Waals surface area contributed by atoms with Crippen LogP contribution in [0.25, 0.3) is 0 Å². The molecule has 1 atom stereocenters. The van der Waals surface area contributed by atoms with Gasteiger partial charge in [-0.25, -0.2) is 0 Å². The molecule has 0 saturated heterocycles. The second-order valence-electron chi connectivity index (χ2n) is 3.49. The summed E-state index contributed by atoms with van der Waals surface area (Å²) in [5.41, 5.74) is 1.89. The van der Waals surface area contributed by atoms with Gasteiger partial charge in [-0.1, -0.05) is 19.1 Å². The van der Waals surface area contributed by atoms with Crippen LogP contribution in [-0.4, -0.2) is 12.4 Å². The number of carbonyl (C=O) groups excluding carboxylic acids is 1. The van der Waals surface area contributed by atoms with E-state index in [2.05, 4.69) is 6.92 Å². The summed E-state index contributed by atoms with van der Waals surface area (Å²) in [6, 6.07) is 5.66. The smallest absolute Gasteiger partial charge is 0.160 e. The lowest BCUT2D eigenvalue weighted by Crippen LogP contribution is -2.00. The second kappa shape index (κ2) is 2.87. The Morgan fingerprint density at radius 2 is 2.31 bits per heavy atom. The molecule has 0 bridgehead atoms. The lowest BCUT2D eigenvalue weighted by atomic mass is 9.95. The van der Waals surface area contributed by atoms with E-state index < -0.39 is 0 Å². The number of rotatable bonds is 1. The second-order valence-corrected chi connectivity index (χ2v) is 3.49. The molecule has 2 rings (SSSR count). The Kier molecular flexibility index (Phi) is 1.83. The topological polar surface area (TPSA) is 26.3 Å². The molecule has 0 aromatic heterocycles. The average Bonchev–Trinajstić information content (AvgIpc) is 2.48. The lowest BCUT2D eigenvalue weighted by Gasteiger charge is -2.05. The molecule has 0 spiro atoms. The van der Waals surface area contributed by atoms with Crippen LogP contribution in [-0.2, 0) is 0 Å². The van der Waals surface area contributed by atoms with Gasteiger partial charge >= 0.3 is 0 Å². The summed E-state index contributed by atoms with van der Waals surface area (Å²) >= 11 is 0. The molecule has 1 aliphatic heterocycles. The summed E-state index contributed by atoms with van der Waals surface area (Å²) in [6.07, 6.45) is 0. The maximum atomic E-state index is 11.3. The van der Waals surface area contributed by atoms with Crippen molar-refractivity contribution in [3.8, 4) is 5.75 Å². The van der Waals surface area contributed by atoms with Gasteiger partial charge in [-0.3, -0.25) is 4.79 Å². The van der Waals surface area contributed by atoms with Crippen LogP contribution < -0.4 is 4.74 Å². The predicted molar refractivity (Wildman–Crippen MR) is 50.4 cm³/mol. The van der Waals surface area contributed by atoms with Gasteiger partial charge in [0.15, 0.2) is 5.78 Å². The third-order valence-corrected chi connectivity index (χ3v) is 2.43. The highest BCUT2D eigenvalue weighted by molar-refractivity contribution is 5.96. The number of Topliss-reactive ketones (excluding diaryl/α,β-unsaturated/α-hetero) is 1. The Bertz CT molecular complexity index is 355. The minimum absolute atomic E-state index is 0.120. The quantitative estimate of drug-likeness (QED) is 0.614. The van der Waals surface area contributed by atoms with E-state index in [1.54, 1.807) is 6.92 Å². The minimum Gasteiger partial charge on any atom is -0.493 e. The van der Waals surface area contributed by atoms with Gasteiger partial charge in [0.2, 0.25) is 0 Å². The molecule has 1 heterocycles. The number of ether oxygens (including phenoxy) is 1. The molecule has 0 fully saturated rings. The van der Waals surface area contributed by atoms with Gasteiger partial charge in [0, 0.05) is 17.0 Å². The van der Waals surface area contributed by atoms with Crippen molar-refractivity contribution in [2.75, 3.05) is 6.61 Å². The predicted octanol–water partition coefficient (Wildman–Crippen LogP) is 2.39. The Labute approximate surface area is 77.5 Å². The maximum Gasteiger partial charge on any atom is 0.160 e. The molecule has 0 amide bonds. The van der Waals surface area contributed by atoms with Gasteiger partial charge in [-0.2, -0.15) is 0 Å². The molecule has 0 unspecified atom stereocenters. The Balaban J connectivity index is 2.60. The minimum atomic E-state index is 0.120. The fourth-order valence-corrected chi connectivity index (χ4v) is 1.78. The van der Waals surface area contributed by atoms with Crippen LogP contribution in [0.15, 0.2) is 18.2 Å². The monoisotopic (exact) mass is 176 g/mol. The molecule has 1 aromatic carbocycles. The van der Waals surface area contributed by atoms with E-state index in [1.165, 1.54) is 0 Å². The van der Waals surface area contributed by atoms with Gasteiger partial charge in [-0.05, 0) is 13.0 Å². The zero-order valence-electron chi connectivity index (χ0n) is 7.83. The molecular formula is C11H12O2. The van der Waals surface area contributed by atoms with Crippen LogP contribution >= 0.6 is 0 Å². The van der Waals surface area contributed by atoms with E-state index in [9.17, 15) is 4.79 Å². The molecular weight excluding hydrogens is 164 g/mol. The molecule has 68 valence electrons. The first-order valence-electron chi connectivity index (χ1n) is 4.47. The van der Waals surface area contributed by atoms with E-state index in [4.69, 9.17) is 4.74 Å². The van der Waals surface area contributed by atoms with Crippen molar-refractivity contribution >= 4 is 5.78 Å². The molecule has 13 heavy (non-hydrogen) atoms. The molecule has 0 N–H and O–H groups in total. The van der Waals surface area contributed by atoms with Crippen molar-refractivity contribution in [2.24, 2.45) is 0 Å². The molecule has 0 radical (unpaired) electrons. The third kappa shape index (κ3) is 1.22. The maximum absolute atomic E-state index is 11.3. The van der Waals surface area contributed by atoms with Crippen molar-refractivity contribution < 1.29 is 9.53 Å². The highest BCUT2D eigenvalue weighted by Gasteiger charge is 2.24. The van der Waals surface area contributed by atoms with Gasteiger partial charge in [0.25, 0.3) is 0 Å². The van der Waals surface area contributed by atoms with Gasteiger partial charge in [0.1, 0.15) is 5.75 Å². The number of fused-ring (bicyclic) bond motifs is 1. The van der Waals surface area contributed by atoms with Crippen molar-refractivity contribution in [1.82, 2.24) is 0 Å². The van der Waals surface area contributed by atoms with Crippen LogP contribution in [0, 0.1) is 0 Å². The number of hydrogen-bond acceptors (Lipinski definition) is 2. The van der Waals surface area contributed by atoms with Crippen molar-refractivity contribution in [3.05, 3.63) is 29.3 Å². The van der Waals surface area contributed by atoms with E-state index in [1.807, 2.05) is 18.2 Å². The summed E-state index contributed by atoms with van der Waals surface area (Å²) in [6.45, 7) is 4.37. The fraction of sp³-hybridized carbons (Fsp3) is 0.364. The normalized spacial score (nSPS) is 19.4. The van der Waals surface area contributed by atoms with Crippen LogP contribution in [0.3, 0.4) is 0 Å².